The van der Waals surface area contributed by atoms with Crippen LogP contribution in [0.5, 0.6) is 5.75 Å². The molecule has 0 unspecified atom stereocenters. The summed E-state index contributed by atoms with van der Waals surface area (Å²) in [7, 11) is 3.90. The molecule has 5 rings (SSSR count). The summed E-state index contributed by atoms with van der Waals surface area (Å²) in [5.41, 5.74) is 3.04. The van der Waals surface area contributed by atoms with E-state index in [1.54, 1.807) is 30.6 Å². The van der Waals surface area contributed by atoms with Gasteiger partial charge in [0.25, 0.3) is 5.56 Å². The predicted molar refractivity (Wildman–Crippen MR) is 156 cm³/mol. The number of fused-ring (bicyclic) bond motifs is 2. The second-order valence-corrected chi connectivity index (χ2v) is 10.4. The van der Waals surface area contributed by atoms with Crippen LogP contribution >= 0.6 is 11.3 Å². The Bertz CT molecular complexity index is 1860. The van der Waals surface area contributed by atoms with Gasteiger partial charge in [0.2, 0.25) is 0 Å². The van der Waals surface area contributed by atoms with Gasteiger partial charge in [-0.05, 0) is 54.5 Å². The molecule has 0 saturated carbocycles. The highest BCUT2D eigenvalue weighted by molar-refractivity contribution is 7.07. The lowest BCUT2D eigenvalue weighted by Gasteiger charge is -2.25. The number of carbonyl (C=O) groups is 1. The Morgan fingerprint density at radius 2 is 1.90 bits per heavy atom. The Kier molecular flexibility index (Phi) is 7.54. The molecule has 2 heterocycles. The Morgan fingerprint density at radius 1 is 1.15 bits per heavy atom. The maximum absolute atomic E-state index is 14.1. The molecule has 1 aromatic heterocycles. The van der Waals surface area contributed by atoms with Gasteiger partial charge in [0.05, 0.1) is 28.5 Å². The van der Waals surface area contributed by atoms with Crippen molar-refractivity contribution in [3.8, 4) is 11.8 Å². The smallest absolute Gasteiger partial charge is 0.338 e. The highest BCUT2D eigenvalue weighted by Crippen LogP contribution is 2.32. The van der Waals surface area contributed by atoms with Gasteiger partial charge in [0.15, 0.2) is 11.4 Å². The fourth-order valence-electron chi connectivity index (χ4n) is 4.85. The van der Waals surface area contributed by atoms with Crippen LogP contribution in [-0.2, 0) is 9.53 Å². The van der Waals surface area contributed by atoms with E-state index < -0.39 is 12.0 Å². The maximum Gasteiger partial charge on any atom is 0.338 e. The van der Waals surface area contributed by atoms with E-state index in [1.807, 2.05) is 79.7 Å². The minimum absolute atomic E-state index is 0.120. The van der Waals surface area contributed by atoms with Gasteiger partial charge in [-0.15, -0.1) is 0 Å². The van der Waals surface area contributed by atoms with Gasteiger partial charge in [-0.3, -0.25) is 9.36 Å². The van der Waals surface area contributed by atoms with Crippen molar-refractivity contribution in [1.29, 1.82) is 5.26 Å². The third-order valence-corrected chi connectivity index (χ3v) is 7.72. The molecule has 0 fully saturated rings. The molecule has 1 aliphatic rings. The molecule has 0 N–H and O–H groups in total. The molecule has 3 aromatic carbocycles. The molecule has 0 bridgehead atoms. The number of anilines is 1. The van der Waals surface area contributed by atoms with Crippen LogP contribution < -0.4 is 24.5 Å². The fraction of sp³-hybridized carbons (Fsp3) is 0.226. The number of ether oxygens (including phenoxy) is 2. The average molecular weight is 553 g/mol. The van der Waals surface area contributed by atoms with E-state index in [1.165, 1.54) is 11.3 Å². The molecular weight excluding hydrogens is 524 g/mol. The van der Waals surface area contributed by atoms with Gasteiger partial charge in [-0.1, -0.05) is 53.8 Å². The van der Waals surface area contributed by atoms with E-state index in [2.05, 4.69) is 4.99 Å². The molecule has 1 aliphatic heterocycles. The van der Waals surface area contributed by atoms with Gasteiger partial charge in [-0.2, -0.15) is 5.26 Å². The molecule has 202 valence electrons. The number of nitrogens with zero attached hydrogens (tertiary/aromatic N) is 4. The summed E-state index contributed by atoms with van der Waals surface area (Å²) in [6, 6.07) is 20.6. The van der Waals surface area contributed by atoms with Crippen molar-refractivity contribution in [2.45, 2.75) is 19.9 Å². The van der Waals surface area contributed by atoms with E-state index in [4.69, 9.17) is 14.7 Å². The third-order valence-electron chi connectivity index (χ3n) is 6.74. The summed E-state index contributed by atoms with van der Waals surface area (Å²) in [4.78, 5) is 34.4. The van der Waals surface area contributed by atoms with Crippen molar-refractivity contribution in [3.63, 3.8) is 0 Å². The predicted octanol–water partition coefficient (Wildman–Crippen LogP) is 3.92. The number of benzene rings is 3. The number of hydrogen-bond donors (Lipinski definition) is 0. The molecule has 4 aromatic rings. The van der Waals surface area contributed by atoms with Gasteiger partial charge in [0.1, 0.15) is 11.8 Å². The number of thiazole rings is 1. The quantitative estimate of drug-likeness (QED) is 0.323. The van der Waals surface area contributed by atoms with Gasteiger partial charge < -0.3 is 14.4 Å². The van der Waals surface area contributed by atoms with Crippen LogP contribution in [0.25, 0.3) is 16.8 Å². The Morgan fingerprint density at radius 3 is 2.60 bits per heavy atom. The van der Waals surface area contributed by atoms with E-state index in [0.29, 0.717) is 31.9 Å². The highest BCUT2D eigenvalue weighted by atomic mass is 32.1. The van der Waals surface area contributed by atoms with Crippen molar-refractivity contribution >= 4 is 39.8 Å². The monoisotopic (exact) mass is 552 g/mol. The first-order valence-electron chi connectivity index (χ1n) is 12.8. The molecule has 8 nitrogen and oxygen atoms in total. The van der Waals surface area contributed by atoms with E-state index in [0.717, 1.165) is 22.0 Å². The van der Waals surface area contributed by atoms with Crippen molar-refractivity contribution in [3.05, 3.63) is 103 Å². The first kappa shape index (κ1) is 26.9. The molecule has 0 saturated heterocycles. The summed E-state index contributed by atoms with van der Waals surface area (Å²) in [5.74, 6) is 0.00580. The Labute approximate surface area is 235 Å². The number of aromatic nitrogens is 1. The zero-order valence-electron chi connectivity index (χ0n) is 22.7. The van der Waals surface area contributed by atoms with E-state index >= 15 is 0 Å². The molecule has 9 heteroatoms. The van der Waals surface area contributed by atoms with Crippen molar-refractivity contribution in [2.24, 2.45) is 4.99 Å². The highest BCUT2D eigenvalue weighted by Gasteiger charge is 2.33. The van der Waals surface area contributed by atoms with Crippen LogP contribution in [0.4, 0.5) is 5.69 Å². The summed E-state index contributed by atoms with van der Waals surface area (Å²) in [6.45, 7) is 3.60. The summed E-state index contributed by atoms with van der Waals surface area (Å²) in [5, 5.41) is 11.0. The summed E-state index contributed by atoms with van der Waals surface area (Å²) < 4.78 is 13.1. The number of hydrogen-bond acceptors (Lipinski definition) is 8. The summed E-state index contributed by atoms with van der Waals surface area (Å²) >= 11 is 1.25. The molecule has 0 amide bonds. The third kappa shape index (κ3) is 4.90. The number of nitriles is 1. The molecular formula is C31H28N4O4S. The van der Waals surface area contributed by atoms with Crippen molar-refractivity contribution in [2.75, 3.05) is 32.2 Å². The number of allylic oxidation sites excluding steroid dienone is 1. The second-order valence-electron chi connectivity index (χ2n) is 9.43. The van der Waals surface area contributed by atoms with Crippen LogP contribution in [-0.4, -0.2) is 37.8 Å². The van der Waals surface area contributed by atoms with E-state index in [9.17, 15) is 9.59 Å². The van der Waals surface area contributed by atoms with Gasteiger partial charge >= 0.3 is 5.97 Å². The average Bonchev–Trinajstić information content (AvgIpc) is 3.26. The minimum Gasteiger partial charge on any atom is -0.478 e. The van der Waals surface area contributed by atoms with Crippen molar-refractivity contribution in [1.82, 2.24) is 4.57 Å². The SMILES string of the molecule is CCOC(=O)C1=C(C)N=c2s/c(=C\c3c(OCC#N)ccc4ccccc34)c(=O)n2[C@@H]1c1ccc(N(C)C)cc1. The van der Waals surface area contributed by atoms with Crippen molar-refractivity contribution < 1.29 is 14.3 Å². The number of esters is 1. The van der Waals surface area contributed by atoms with Gasteiger partial charge in [0, 0.05) is 25.3 Å². The van der Waals surface area contributed by atoms with E-state index in [-0.39, 0.29) is 18.8 Å². The lowest BCUT2D eigenvalue weighted by atomic mass is 9.95. The lowest BCUT2D eigenvalue weighted by Crippen LogP contribution is -2.40. The lowest BCUT2D eigenvalue weighted by molar-refractivity contribution is -0.139. The zero-order valence-corrected chi connectivity index (χ0v) is 23.5. The standard InChI is InChI=1S/C31H28N4O4S/c1-5-38-30(37)27-19(2)33-31-35(28(27)21-10-13-22(14-11-21)34(3)4)29(36)26(40-31)18-24-23-9-7-6-8-20(23)12-15-25(24)39-17-16-32/h6-15,18,28H,5,17H2,1-4H3/b26-18-/t28-/m1/s1. The summed E-state index contributed by atoms with van der Waals surface area (Å²) in [6.07, 6.45) is 1.79. The maximum atomic E-state index is 14.1. The molecule has 40 heavy (non-hydrogen) atoms. The van der Waals surface area contributed by atoms with Crippen LogP contribution in [0.3, 0.4) is 0 Å². The Hall–Kier alpha value is -4.68. The first-order chi connectivity index (χ1) is 19.3. The molecule has 0 aliphatic carbocycles. The molecule has 0 radical (unpaired) electrons. The largest absolute Gasteiger partial charge is 0.478 e. The first-order valence-corrected chi connectivity index (χ1v) is 13.6. The Balaban J connectivity index is 1.75. The number of carbonyl (C=O) groups excluding carboxylic acids is 1. The zero-order chi connectivity index (χ0) is 28.4. The van der Waals surface area contributed by atoms with Gasteiger partial charge in [-0.25, -0.2) is 9.79 Å². The fourth-order valence-corrected chi connectivity index (χ4v) is 5.88. The normalized spacial score (nSPS) is 14.9. The number of rotatable bonds is 7. The second kappa shape index (κ2) is 11.2. The molecule has 1 atom stereocenters. The molecule has 0 spiro atoms. The van der Waals surface area contributed by atoms with Crippen LogP contribution in [0.15, 0.2) is 81.7 Å². The minimum atomic E-state index is -0.699. The van der Waals surface area contributed by atoms with Crippen LogP contribution in [0.2, 0.25) is 0 Å². The van der Waals surface area contributed by atoms with Crippen LogP contribution in [0.1, 0.15) is 31.0 Å². The van der Waals surface area contributed by atoms with Crippen LogP contribution in [0, 0.1) is 11.3 Å². The topological polar surface area (TPSA) is 96.9 Å².